The molecule has 55 heavy (non-hydrogen) atoms. The molecule has 0 saturated heterocycles. The van der Waals surface area contributed by atoms with Crippen molar-refractivity contribution in [1.82, 2.24) is 0 Å². The Morgan fingerprint density at radius 1 is 0.673 bits per heavy atom. The Kier molecular flexibility index (Phi) is 38.9. The fraction of sp³-hybridized carbons (Fsp3) is 0.957. The van der Waals surface area contributed by atoms with Gasteiger partial charge in [-0.05, 0) is 40.7 Å². The maximum Gasteiger partial charge on any atom is 0 e. The second-order valence-corrected chi connectivity index (χ2v) is 32.6. The molecule has 2 atom stereocenters. The molecule has 0 spiro atoms. The first kappa shape index (κ1) is 68.2. The molecule has 0 heterocycles. The SMILES string of the molecule is CC(C)CP(C)(=O)CC(C)(C)C.CC(C)CS(=O)(=O)CC(C)(C)C.CC(C)CS(=O)CC(C)(C)C.CC(C)C[CH-]CC(C)(C)C.CC[C](=[W])CC(C)(C)C.[V]. The first-order valence-corrected chi connectivity index (χ1v) is 28.2. The molecule has 2 unspecified atom stereocenters. The molecule has 0 amide bonds. The molecule has 0 N–H and O–H groups in total. The Balaban J connectivity index is -0.000000136. The molecule has 0 bridgehead atoms. The molecule has 0 aliphatic heterocycles. The summed E-state index contributed by atoms with van der Waals surface area (Å²) in [6.45, 7) is 53.5. The predicted molar refractivity (Wildman–Crippen MR) is 250 cm³/mol. The van der Waals surface area contributed by atoms with Crippen molar-refractivity contribution in [3.63, 3.8) is 0 Å². The summed E-state index contributed by atoms with van der Waals surface area (Å²) in [5.74, 6) is 4.44. The molecule has 337 valence electrons. The minimum Gasteiger partial charge on any atom is 0 e. The molecule has 0 fully saturated rings. The summed E-state index contributed by atoms with van der Waals surface area (Å²) in [5.41, 5.74) is 1.29. The van der Waals surface area contributed by atoms with Gasteiger partial charge in [0.25, 0.3) is 0 Å². The van der Waals surface area contributed by atoms with E-state index in [9.17, 15) is 17.2 Å². The fourth-order valence-corrected chi connectivity index (χ4v) is 15.1. The smallest absolute Gasteiger partial charge is 0 e. The predicted octanol–water partition coefficient (Wildman–Crippen LogP) is 14.4. The van der Waals surface area contributed by atoms with Crippen LogP contribution in [-0.4, -0.2) is 58.5 Å². The Hall–Kier alpha value is 1.47. The Morgan fingerprint density at radius 2 is 1.11 bits per heavy atom. The molecule has 0 aromatic carbocycles. The van der Waals surface area contributed by atoms with E-state index < -0.39 is 27.8 Å². The average molecular weight is 1050 g/mol. The molecule has 1 radical (unpaired) electrons. The Morgan fingerprint density at radius 3 is 1.35 bits per heavy atom. The van der Waals surface area contributed by atoms with Crippen molar-refractivity contribution in [2.45, 2.75) is 192 Å². The maximum absolute atomic E-state index is 12.0. The molecule has 9 heteroatoms. The maximum atomic E-state index is 12.0. The van der Waals surface area contributed by atoms with Gasteiger partial charge in [-0.3, -0.25) is 4.21 Å². The molecule has 0 aliphatic carbocycles. The molecule has 0 rings (SSSR count). The summed E-state index contributed by atoms with van der Waals surface area (Å²) in [5, 5.41) is 0. The molecule has 0 aromatic heterocycles. The third-order valence-corrected chi connectivity index (χ3v) is 15.8. The van der Waals surface area contributed by atoms with Crippen LogP contribution in [0.15, 0.2) is 0 Å². The van der Waals surface area contributed by atoms with E-state index in [2.05, 4.69) is 138 Å². The summed E-state index contributed by atoms with van der Waals surface area (Å²) in [4.78, 5) is 0. The molecular formula is C46H100O4PS2VW-. The van der Waals surface area contributed by atoms with E-state index in [0.29, 0.717) is 28.4 Å². The second-order valence-electron chi connectivity index (χ2n) is 23.6. The zero-order valence-corrected chi connectivity index (χ0v) is 48.6. The van der Waals surface area contributed by atoms with Crippen molar-refractivity contribution in [1.29, 1.82) is 0 Å². The van der Waals surface area contributed by atoms with E-state index in [-0.39, 0.29) is 46.5 Å². The van der Waals surface area contributed by atoms with E-state index in [1.165, 1.54) is 25.7 Å². The van der Waals surface area contributed by atoms with Crippen LogP contribution in [0.5, 0.6) is 0 Å². The van der Waals surface area contributed by atoms with E-state index in [1.54, 1.807) is 23.3 Å². The largest absolute Gasteiger partial charge is 0 e. The van der Waals surface area contributed by atoms with Crippen LogP contribution in [0.4, 0.5) is 0 Å². The minimum atomic E-state index is -2.84. The topological polar surface area (TPSA) is 68.3 Å². The summed E-state index contributed by atoms with van der Waals surface area (Å²) in [6.07, 6.45) is 9.25. The first-order valence-electron chi connectivity index (χ1n) is 20.9. The monoisotopic (exact) mass is 1050 g/mol. The third kappa shape index (κ3) is 73.4. The van der Waals surface area contributed by atoms with Crippen LogP contribution >= 0.6 is 7.14 Å². The van der Waals surface area contributed by atoms with Crippen molar-refractivity contribution < 1.29 is 55.1 Å². The normalized spacial score (nSPS) is 14.2. The van der Waals surface area contributed by atoms with Crippen LogP contribution in [0.25, 0.3) is 0 Å². The van der Waals surface area contributed by atoms with Gasteiger partial charge in [0.1, 0.15) is 0 Å². The van der Waals surface area contributed by atoms with Crippen LogP contribution in [0.1, 0.15) is 192 Å². The first-order chi connectivity index (χ1) is 23.4. The van der Waals surface area contributed by atoms with E-state index in [1.807, 2.05) is 41.3 Å². The summed E-state index contributed by atoms with van der Waals surface area (Å²) >= 11 is 1.67. The van der Waals surface area contributed by atoms with Gasteiger partial charge in [-0.25, -0.2) is 8.42 Å². The Bertz CT molecular complexity index is 1130. The van der Waals surface area contributed by atoms with Gasteiger partial charge >= 0.3 is 69.2 Å². The molecule has 0 aromatic rings. The van der Waals surface area contributed by atoms with Gasteiger partial charge in [0.05, 0.1) is 18.6 Å². The zero-order valence-electron chi connectivity index (χ0n) is 41.7. The van der Waals surface area contributed by atoms with Crippen LogP contribution in [-0.2, 0) is 63.1 Å². The van der Waals surface area contributed by atoms with Crippen molar-refractivity contribution >= 4 is 31.7 Å². The van der Waals surface area contributed by atoms with Crippen molar-refractivity contribution in [2.75, 3.05) is 42.0 Å². The fourth-order valence-electron chi connectivity index (χ4n) is 5.55. The zero-order chi connectivity index (χ0) is 44.7. The summed E-state index contributed by atoms with van der Waals surface area (Å²) in [6, 6.07) is 0. The number of rotatable bonds is 14. The van der Waals surface area contributed by atoms with Gasteiger partial charge in [-0.15, -0.1) is 0 Å². The van der Waals surface area contributed by atoms with Gasteiger partial charge in [-0.2, -0.15) is 12.8 Å². The van der Waals surface area contributed by atoms with E-state index in [4.69, 9.17) is 0 Å². The Labute approximate surface area is 375 Å². The number of sulfone groups is 1. The quantitative estimate of drug-likeness (QED) is 0.128. The molecular weight excluding hydrogens is 946 g/mol. The van der Waals surface area contributed by atoms with Crippen molar-refractivity contribution in [3.8, 4) is 0 Å². The summed E-state index contributed by atoms with van der Waals surface area (Å²) in [7, 11) is -5.33. The molecule has 0 aliphatic rings. The van der Waals surface area contributed by atoms with Crippen LogP contribution in [0, 0.1) is 57.2 Å². The second kappa shape index (κ2) is 31.3. The van der Waals surface area contributed by atoms with Gasteiger partial charge in [0.2, 0.25) is 0 Å². The van der Waals surface area contributed by atoms with Crippen molar-refractivity contribution in [2.24, 2.45) is 50.7 Å². The average Bonchev–Trinajstić information content (AvgIpc) is 2.76. The van der Waals surface area contributed by atoms with Crippen molar-refractivity contribution in [3.05, 3.63) is 6.42 Å². The minimum absolute atomic E-state index is 0. The molecule has 4 nitrogen and oxygen atoms in total. The third-order valence-electron chi connectivity index (χ3n) is 6.43. The van der Waals surface area contributed by atoms with Gasteiger partial charge < -0.3 is 11.0 Å². The van der Waals surface area contributed by atoms with Gasteiger partial charge in [0.15, 0.2) is 9.84 Å². The standard InChI is InChI=1S/C10H23OP.C10H21.C9H20O2S.C9H20OS.C8H16.V.W/c1-9(2)7-12(6,11)8-10(3,4)5;1-9(2)7-6-8-10(3,4)5;1-8(2)6-12(10,11)7-9(3,4)5;1-8(2)6-11(10)7-9(3,4)5;1-5-6-7-8(2,3)4;;/h9H,7-8H2,1-6H3;6,9H,7-8H2,1-5H3;8H,6-7H2,1-5H3;8H,6-7H2,1-5H3;5,7H2,1-4H3;;/q;-1;;;;;. The number of hydrogen-bond donors (Lipinski definition) is 0. The van der Waals surface area contributed by atoms with Gasteiger partial charge in [0, 0.05) is 53.2 Å². The van der Waals surface area contributed by atoms with Crippen LogP contribution in [0.3, 0.4) is 0 Å². The number of hydrogen-bond acceptors (Lipinski definition) is 4. The summed E-state index contributed by atoms with van der Waals surface area (Å²) < 4.78 is 48.0. The van der Waals surface area contributed by atoms with Crippen LogP contribution < -0.4 is 0 Å². The van der Waals surface area contributed by atoms with Crippen LogP contribution in [0.2, 0.25) is 0 Å². The van der Waals surface area contributed by atoms with E-state index >= 15 is 0 Å². The molecule has 0 saturated carbocycles. The van der Waals surface area contributed by atoms with Gasteiger partial charge in [-0.1, -0.05) is 150 Å². The van der Waals surface area contributed by atoms with E-state index in [0.717, 1.165) is 29.7 Å².